The molecule has 2 aromatic rings. The van der Waals surface area contributed by atoms with E-state index in [2.05, 4.69) is 10.1 Å². The molecular formula is C19H16F3N5OS. The molecule has 3 heterocycles. The lowest BCUT2D eigenvalue weighted by molar-refractivity contribution is -0.140. The van der Waals surface area contributed by atoms with Crippen LogP contribution < -0.4 is 4.90 Å². The number of amides is 1. The summed E-state index contributed by atoms with van der Waals surface area (Å²) < 4.78 is 42.1. The van der Waals surface area contributed by atoms with E-state index in [1.807, 2.05) is 6.07 Å². The molecule has 0 spiro atoms. The van der Waals surface area contributed by atoms with E-state index in [1.165, 1.54) is 23.7 Å². The maximum Gasteiger partial charge on any atom is 0.249 e. The Morgan fingerprint density at radius 2 is 2.03 bits per heavy atom. The summed E-state index contributed by atoms with van der Waals surface area (Å²) in [4.78, 5) is 19.2. The topological polar surface area (TPSA) is 72.6 Å². The average molecular weight is 419 g/mol. The predicted molar refractivity (Wildman–Crippen MR) is 101 cm³/mol. The Morgan fingerprint density at radius 1 is 1.28 bits per heavy atom. The molecule has 150 valence electrons. The van der Waals surface area contributed by atoms with E-state index in [-0.39, 0.29) is 18.5 Å². The minimum absolute atomic E-state index is 0.0222. The number of nitrogens with zero attached hydrogens (tertiary/aromatic N) is 5. The van der Waals surface area contributed by atoms with Gasteiger partial charge < -0.3 is 4.90 Å². The lowest BCUT2D eigenvalue weighted by atomic mass is 9.93. The molecule has 0 aliphatic carbocycles. The third-order valence-corrected chi connectivity index (χ3v) is 6.02. The van der Waals surface area contributed by atoms with E-state index < -0.39 is 35.7 Å². The highest BCUT2D eigenvalue weighted by atomic mass is 32.1. The van der Waals surface area contributed by atoms with Gasteiger partial charge >= 0.3 is 0 Å². The number of alkyl halides is 1. The predicted octanol–water partition coefficient (Wildman–Crippen LogP) is 3.42. The molecule has 2 aliphatic heterocycles. The van der Waals surface area contributed by atoms with Crippen molar-refractivity contribution in [3.8, 4) is 6.07 Å². The van der Waals surface area contributed by atoms with Crippen LogP contribution in [0, 0.1) is 28.9 Å². The zero-order chi connectivity index (χ0) is 20.5. The Bertz CT molecular complexity index is 984. The zero-order valence-corrected chi connectivity index (χ0v) is 16.0. The number of aromatic nitrogens is 1. The summed E-state index contributed by atoms with van der Waals surface area (Å²) in [7, 11) is 0. The minimum Gasteiger partial charge on any atom is -0.345 e. The first kappa shape index (κ1) is 19.4. The molecule has 2 aliphatic rings. The van der Waals surface area contributed by atoms with Gasteiger partial charge in [0.25, 0.3) is 0 Å². The number of carbonyl (C=O) groups is 1. The number of halogens is 3. The van der Waals surface area contributed by atoms with Crippen molar-refractivity contribution in [2.45, 2.75) is 25.1 Å². The van der Waals surface area contributed by atoms with Crippen LogP contribution in [0.5, 0.6) is 0 Å². The molecule has 1 amide bonds. The molecule has 0 saturated carbocycles. The van der Waals surface area contributed by atoms with Crippen molar-refractivity contribution in [1.29, 1.82) is 5.26 Å². The van der Waals surface area contributed by atoms with Crippen molar-refractivity contribution >= 4 is 28.6 Å². The largest absolute Gasteiger partial charge is 0.345 e. The highest BCUT2D eigenvalue weighted by Crippen LogP contribution is 2.34. The van der Waals surface area contributed by atoms with Crippen molar-refractivity contribution in [1.82, 2.24) is 9.99 Å². The van der Waals surface area contributed by atoms with Gasteiger partial charge in [-0.2, -0.15) is 10.4 Å². The van der Waals surface area contributed by atoms with E-state index >= 15 is 0 Å². The summed E-state index contributed by atoms with van der Waals surface area (Å²) >= 11 is 1.17. The first-order valence-electron chi connectivity index (χ1n) is 9.02. The number of anilines is 1. The van der Waals surface area contributed by atoms with Crippen molar-refractivity contribution in [2.75, 3.05) is 18.0 Å². The number of nitriles is 1. The Morgan fingerprint density at radius 3 is 2.69 bits per heavy atom. The van der Waals surface area contributed by atoms with Crippen LogP contribution >= 0.6 is 11.3 Å². The number of benzene rings is 1. The molecular weight excluding hydrogens is 403 g/mol. The highest BCUT2D eigenvalue weighted by Gasteiger charge is 2.40. The average Bonchev–Trinajstić information content (AvgIpc) is 3.36. The third kappa shape index (κ3) is 3.82. The van der Waals surface area contributed by atoms with Crippen molar-refractivity contribution in [3.05, 3.63) is 46.5 Å². The Labute approximate surface area is 168 Å². The fourth-order valence-corrected chi connectivity index (χ4v) is 4.41. The van der Waals surface area contributed by atoms with Gasteiger partial charge in [0.15, 0.2) is 5.13 Å². The lowest BCUT2D eigenvalue weighted by Crippen LogP contribution is -2.48. The van der Waals surface area contributed by atoms with E-state index in [0.29, 0.717) is 23.0 Å². The SMILES string of the molecule is N#Cc1cnc(N2CC[C@H](C(=O)N3N=CC[C@H]3c3cc(F)cc(F)c3)[C@H](F)C2)s1. The fourth-order valence-electron chi connectivity index (χ4n) is 3.66. The molecule has 1 fully saturated rings. The van der Waals surface area contributed by atoms with E-state index in [1.54, 1.807) is 4.90 Å². The maximum absolute atomic E-state index is 14.9. The first-order chi connectivity index (χ1) is 14.0. The normalized spacial score (nSPS) is 24.0. The van der Waals surface area contributed by atoms with Crippen LogP contribution in [0.15, 0.2) is 29.5 Å². The smallest absolute Gasteiger partial charge is 0.249 e. The van der Waals surface area contributed by atoms with Gasteiger partial charge in [0.1, 0.15) is 28.8 Å². The maximum atomic E-state index is 14.9. The second-order valence-electron chi connectivity index (χ2n) is 6.91. The van der Waals surface area contributed by atoms with Crippen molar-refractivity contribution in [2.24, 2.45) is 11.0 Å². The molecule has 0 unspecified atom stereocenters. The number of hydrogen-bond acceptors (Lipinski definition) is 6. The summed E-state index contributed by atoms with van der Waals surface area (Å²) in [5, 5.41) is 14.6. The number of hydrogen-bond donors (Lipinski definition) is 0. The van der Waals surface area contributed by atoms with Gasteiger partial charge in [-0.05, 0) is 24.1 Å². The molecule has 1 saturated heterocycles. The molecule has 29 heavy (non-hydrogen) atoms. The standard InChI is InChI=1S/C19H16F3N5OS/c20-12-5-11(6-13(21)7-12)17-1-3-25-27(17)18(28)15-2-4-26(10-16(15)22)19-24-9-14(8-23)29-19/h3,5-7,9,15-17H,1-2,4,10H2/t15-,16+,17-/m0/s1. The zero-order valence-electron chi connectivity index (χ0n) is 15.1. The number of carbonyl (C=O) groups excluding carboxylic acids is 1. The summed E-state index contributed by atoms with van der Waals surface area (Å²) in [5.41, 5.74) is 0.285. The fraction of sp³-hybridized carbons (Fsp3) is 0.368. The Hall–Kier alpha value is -2.93. The second-order valence-corrected chi connectivity index (χ2v) is 7.92. The summed E-state index contributed by atoms with van der Waals surface area (Å²) in [6.07, 6.45) is 2.03. The quantitative estimate of drug-likeness (QED) is 0.764. The van der Waals surface area contributed by atoms with Crippen molar-refractivity contribution in [3.63, 3.8) is 0 Å². The Kier molecular flexibility index (Phi) is 5.24. The van der Waals surface area contributed by atoms with Crippen LogP contribution in [0.1, 0.15) is 29.3 Å². The van der Waals surface area contributed by atoms with E-state index in [9.17, 15) is 18.0 Å². The van der Waals surface area contributed by atoms with Gasteiger partial charge in [0, 0.05) is 25.2 Å². The van der Waals surface area contributed by atoms with Crippen LogP contribution in [-0.2, 0) is 4.79 Å². The van der Waals surface area contributed by atoms with Gasteiger partial charge in [-0.25, -0.2) is 23.2 Å². The molecule has 0 N–H and O–H groups in total. The van der Waals surface area contributed by atoms with Gasteiger partial charge in [-0.1, -0.05) is 11.3 Å². The number of hydrazone groups is 1. The highest BCUT2D eigenvalue weighted by molar-refractivity contribution is 7.16. The van der Waals surface area contributed by atoms with Crippen LogP contribution in [0.25, 0.3) is 0 Å². The molecule has 1 aromatic carbocycles. The number of thiazole rings is 1. The van der Waals surface area contributed by atoms with Crippen LogP contribution in [0.3, 0.4) is 0 Å². The first-order valence-corrected chi connectivity index (χ1v) is 9.84. The van der Waals surface area contributed by atoms with E-state index in [0.717, 1.165) is 23.2 Å². The molecule has 1 aromatic heterocycles. The van der Waals surface area contributed by atoms with Gasteiger partial charge in [0.05, 0.1) is 24.7 Å². The van der Waals surface area contributed by atoms with Crippen LogP contribution in [0.4, 0.5) is 18.3 Å². The van der Waals surface area contributed by atoms with Crippen LogP contribution in [0.2, 0.25) is 0 Å². The van der Waals surface area contributed by atoms with Gasteiger partial charge in [0.2, 0.25) is 5.91 Å². The molecule has 0 bridgehead atoms. The minimum atomic E-state index is -1.45. The summed E-state index contributed by atoms with van der Waals surface area (Å²) in [6, 6.07) is 4.42. The number of rotatable bonds is 3. The summed E-state index contributed by atoms with van der Waals surface area (Å²) in [5.74, 6) is -2.89. The van der Waals surface area contributed by atoms with Crippen LogP contribution in [-0.4, -0.2) is 41.4 Å². The Balaban J connectivity index is 1.47. The molecule has 10 heteroatoms. The lowest BCUT2D eigenvalue weighted by Gasteiger charge is -2.35. The van der Waals surface area contributed by atoms with E-state index in [4.69, 9.17) is 5.26 Å². The van der Waals surface area contributed by atoms with Crippen molar-refractivity contribution < 1.29 is 18.0 Å². The monoisotopic (exact) mass is 419 g/mol. The van der Waals surface area contributed by atoms with Gasteiger partial charge in [-0.3, -0.25) is 4.79 Å². The third-order valence-electron chi connectivity index (χ3n) is 5.06. The number of piperidine rings is 1. The molecule has 4 rings (SSSR count). The molecule has 0 radical (unpaired) electrons. The summed E-state index contributed by atoms with van der Waals surface area (Å²) in [6.45, 7) is 0.387. The second kappa shape index (κ2) is 7.83. The molecule has 3 atom stereocenters. The van der Waals surface area contributed by atoms with Gasteiger partial charge in [-0.15, -0.1) is 0 Å². The molecule has 6 nitrogen and oxygen atoms in total.